The third-order valence-electron chi connectivity index (χ3n) is 2.60. The van der Waals surface area contributed by atoms with E-state index in [1.165, 1.54) is 12.4 Å². The van der Waals surface area contributed by atoms with Crippen LogP contribution in [0.5, 0.6) is 0 Å². The van der Waals surface area contributed by atoms with E-state index < -0.39 is 5.97 Å². The molecule has 0 aliphatic carbocycles. The minimum atomic E-state index is -1.04. The maximum absolute atomic E-state index is 11.9. The van der Waals surface area contributed by atoms with Crippen LogP contribution in [0.4, 0.5) is 0 Å². The first-order chi connectivity index (χ1) is 10.1. The Labute approximate surface area is 120 Å². The molecule has 1 heterocycles. The number of hydrogen-bond donors (Lipinski definition) is 2. The summed E-state index contributed by atoms with van der Waals surface area (Å²) in [5.41, 5.74) is 1.09. The summed E-state index contributed by atoms with van der Waals surface area (Å²) in [4.78, 5) is 26.3. The zero-order valence-electron chi connectivity index (χ0n) is 11.0. The first-order valence-corrected chi connectivity index (χ1v) is 6.20. The van der Waals surface area contributed by atoms with E-state index >= 15 is 0 Å². The molecule has 0 fully saturated rings. The minimum Gasteiger partial charge on any atom is -0.478 e. The van der Waals surface area contributed by atoms with Gasteiger partial charge in [-0.1, -0.05) is 17.3 Å². The molecule has 0 bridgehead atoms. The van der Waals surface area contributed by atoms with E-state index in [0.29, 0.717) is 30.0 Å². The van der Waals surface area contributed by atoms with Gasteiger partial charge in [-0.05, 0) is 23.8 Å². The topological polar surface area (TPSA) is 105 Å². The van der Waals surface area contributed by atoms with Crippen molar-refractivity contribution in [3.63, 3.8) is 0 Å². The molecule has 2 N–H and O–H groups in total. The van der Waals surface area contributed by atoms with E-state index in [2.05, 4.69) is 15.5 Å². The number of rotatable bonds is 6. The molecular weight excluding hydrogens is 274 g/mol. The maximum atomic E-state index is 11.9. The van der Waals surface area contributed by atoms with Crippen molar-refractivity contribution in [1.29, 1.82) is 0 Å². The highest BCUT2D eigenvalue weighted by Crippen LogP contribution is 2.07. The number of carbonyl (C=O) groups excluding carboxylic acids is 1. The van der Waals surface area contributed by atoms with Gasteiger partial charge in [0, 0.05) is 24.6 Å². The Kier molecular flexibility index (Phi) is 4.81. The maximum Gasteiger partial charge on any atom is 0.328 e. The van der Waals surface area contributed by atoms with Crippen molar-refractivity contribution < 1.29 is 19.2 Å². The van der Waals surface area contributed by atoms with Crippen LogP contribution in [0.2, 0.25) is 0 Å². The normalized spacial score (nSPS) is 10.7. The van der Waals surface area contributed by atoms with Gasteiger partial charge >= 0.3 is 5.97 Å². The fraction of sp³-hybridized carbons (Fsp3) is 0.143. The number of amides is 1. The first kappa shape index (κ1) is 14.4. The van der Waals surface area contributed by atoms with Crippen LogP contribution in [0.1, 0.15) is 21.8 Å². The number of nitrogens with one attached hydrogen (secondary N) is 1. The average molecular weight is 287 g/mol. The number of aliphatic carboxylic acids is 1. The number of carboxylic acid groups (broad SMARTS) is 1. The van der Waals surface area contributed by atoms with Crippen molar-refractivity contribution in [2.45, 2.75) is 6.42 Å². The Balaban J connectivity index is 1.92. The molecular formula is C14H13N3O4. The summed E-state index contributed by atoms with van der Waals surface area (Å²) >= 11 is 0. The molecule has 21 heavy (non-hydrogen) atoms. The number of carbonyl (C=O) groups is 2. The van der Waals surface area contributed by atoms with E-state index in [0.717, 1.165) is 6.08 Å². The molecule has 0 saturated carbocycles. The molecule has 0 atom stereocenters. The Hall–Kier alpha value is -2.96. The predicted molar refractivity (Wildman–Crippen MR) is 73.4 cm³/mol. The van der Waals surface area contributed by atoms with Crippen molar-refractivity contribution in [2.24, 2.45) is 0 Å². The van der Waals surface area contributed by atoms with Gasteiger partial charge in [0.15, 0.2) is 6.33 Å². The van der Waals surface area contributed by atoms with Crippen molar-refractivity contribution in [2.75, 3.05) is 6.54 Å². The fourth-order valence-corrected chi connectivity index (χ4v) is 1.64. The number of benzene rings is 1. The number of aromatic nitrogens is 2. The monoisotopic (exact) mass is 287 g/mol. The van der Waals surface area contributed by atoms with Crippen LogP contribution in [0.15, 0.2) is 41.2 Å². The summed E-state index contributed by atoms with van der Waals surface area (Å²) in [7, 11) is 0. The molecule has 0 aliphatic rings. The lowest BCUT2D eigenvalue weighted by Crippen LogP contribution is -2.25. The average Bonchev–Trinajstić information content (AvgIpc) is 2.98. The first-order valence-electron chi connectivity index (χ1n) is 6.20. The van der Waals surface area contributed by atoms with Crippen LogP contribution in [0.25, 0.3) is 6.08 Å². The molecule has 1 aromatic heterocycles. The lowest BCUT2D eigenvalue weighted by Gasteiger charge is -2.04. The molecule has 7 heteroatoms. The summed E-state index contributed by atoms with van der Waals surface area (Å²) in [6.45, 7) is 0.371. The van der Waals surface area contributed by atoms with Crippen molar-refractivity contribution in [1.82, 2.24) is 15.5 Å². The van der Waals surface area contributed by atoms with E-state index in [-0.39, 0.29) is 5.91 Å². The lowest BCUT2D eigenvalue weighted by molar-refractivity contribution is -0.131. The highest BCUT2D eigenvalue weighted by Gasteiger charge is 2.06. The van der Waals surface area contributed by atoms with Crippen molar-refractivity contribution >= 4 is 18.0 Å². The summed E-state index contributed by atoms with van der Waals surface area (Å²) < 4.78 is 4.82. The Morgan fingerprint density at radius 2 is 2.24 bits per heavy atom. The highest BCUT2D eigenvalue weighted by atomic mass is 16.5. The molecule has 7 nitrogen and oxygen atoms in total. The highest BCUT2D eigenvalue weighted by molar-refractivity contribution is 5.95. The Morgan fingerprint density at radius 1 is 1.38 bits per heavy atom. The molecule has 0 saturated heterocycles. The molecule has 0 radical (unpaired) electrons. The third-order valence-corrected chi connectivity index (χ3v) is 2.60. The molecule has 2 rings (SSSR count). The van der Waals surface area contributed by atoms with E-state index in [9.17, 15) is 9.59 Å². The fourth-order valence-electron chi connectivity index (χ4n) is 1.64. The molecule has 0 aliphatic heterocycles. The predicted octanol–water partition coefficient (Wildman–Crippen LogP) is 1.14. The second-order valence-corrected chi connectivity index (χ2v) is 4.14. The van der Waals surface area contributed by atoms with Gasteiger partial charge in [-0.25, -0.2) is 4.79 Å². The van der Waals surface area contributed by atoms with Crippen LogP contribution < -0.4 is 5.32 Å². The molecule has 0 unspecified atom stereocenters. The Morgan fingerprint density at radius 3 is 2.95 bits per heavy atom. The second-order valence-electron chi connectivity index (χ2n) is 4.14. The lowest BCUT2D eigenvalue weighted by atomic mass is 10.1. The number of hydrogen-bond acceptors (Lipinski definition) is 5. The third kappa shape index (κ3) is 4.57. The van der Waals surface area contributed by atoms with Crippen LogP contribution in [-0.2, 0) is 11.2 Å². The van der Waals surface area contributed by atoms with Gasteiger partial charge < -0.3 is 14.9 Å². The smallest absolute Gasteiger partial charge is 0.328 e. The summed E-state index contributed by atoms with van der Waals surface area (Å²) in [5, 5.41) is 14.8. The largest absolute Gasteiger partial charge is 0.478 e. The van der Waals surface area contributed by atoms with Gasteiger partial charge in [-0.2, -0.15) is 4.98 Å². The zero-order chi connectivity index (χ0) is 15.1. The molecule has 2 aromatic rings. The van der Waals surface area contributed by atoms with Crippen LogP contribution >= 0.6 is 0 Å². The van der Waals surface area contributed by atoms with Gasteiger partial charge in [-0.3, -0.25) is 4.79 Å². The van der Waals surface area contributed by atoms with E-state index in [1.54, 1.807) is 24.3 Å². The van der Waals surface area contributed by atoms with E-state index in [1.807, 2.05) is 0 Å². The summed E-state index contributed by atoms with van der Waals surface area (Å²) in [6, 6.07) is 6.67. The molecule has 1 amide bonds. The quantitative estimate of drug-likeness (QED) is 0.772. The minimum absolute atomic E-state index is 0.250. The summed E-state index contributed by atoms with van der Waals surface area (Å²) in [5.74, 6) is -0.835. The number of nitrogens with zero attached hydrogens (tertiary/aromatic N) is 2. The standard InChI is InChI=1S/C14H13N3O4/c18-13(19)5-4-10-2-1-3-11(8-10)14(20)15-7-6-12-16-9-17-21-12/h1-5,8-9H,6-7H2,(H,15,20)(H,18,19)/b5-4+. The Bertz CT molecular complexity index is 650. The van der Waals surface area contributed by atoms with Gasteiger partial charge in [0.05, 0.1) is 0 Å². The van der Waals surface area contributed by atoms with E-state index in [4.69, 9.17) is 9.63 Å². The number of carboxylic acids is 1. The molecule has 1 aromatic carbocycles. The van der Waals surface area contributed by atoms with Crippen LogP contribution in [-0.4, -0.2) is 33.7 Å². The van der Waals surface area contributed by atoms with Crippen LogP contribution in [0.3, 0.4) is 0 Å². The SMILES string of the molecule is O=C(O)/C=C/c1cccc(C(=O)NCCc2ncno2)c1. The van der Waals surface area contributed by atoms with Gasteiger partial charge in [-0.15, -0.1) is 0 Å². The van der Waals surface area contributed by atoms with Crippen molar-refractivity contribution in [3.8, 4) is 0 Å². The van der Waals surface area contributed by atoms with Crippen molar-refractivity contribution in [3.05, 3.63) is 53.7 Å². The summed E-state index contributed by atoms with van der Waals surface area (Å²) in [6.07, 6.45) is 4.20. The molecule has 0 spiro atoms. The van der Waals surface area contributed by atoms with Crippen LogP contribution in [0, 0.1) is 0 Å². The zero-order valence-corrected chi connectivity index (χ0v) is 11.0. The molecule has 108 valence electrons. The van der Waals surface area contributed by atoms with Gasteiger partial charge in [0.1, 0.15) is 0 Å². The van der Waals surface area contributed by atoms with Gasteiger partial charge in [0.2, 0.25) is 5.89 Å². The van der Waals surface area contributed by atoms with Gasteiger partial charge in [0.25, 0.3) is 5.91 Å². The second kappa shape index (κ2) is 6.99.